The summed E-state index contributed by atoms with van der Waals surface area (Å²) in [5.74, 6) is 2.03. The van der Waals surface area contributed by atoms with E-state index in [1.54, 1.807) is 19.2 Å². The van der Waals surface area contributed by atoms with Crippen molar-refractivity contribution in [3.63, 3.8) is 0 Å². The first kappa shape index (κ1) is 14.0. The number of nitrogens with one attached hydrogen (secondary N) is 1. The Morgan fingerprint density at radius 1 is 1.10 bits per heavy atom. The molecular weight excluding hydrogens is 311 g/mol. The minimum atomic E-state index is 0.296. The van der Waals surface area contributed by atoms with Crippen molar-refractivity contribution in [2.24, 2.45) is 0 Å². The van der Waals surface area contributed by atoms with E-state index in [0.717, 1.165) is 11.0 Å². The summed E-state index contributed by atoms with van der Waals surface area (Å²) in [4.78, 5) is 7.57. The molecule has 0 aliphatic carbocycles. The lowest BCUT2D eigenvalue weighted by Crippen LogP contribution is -1.99. The van der Waals surface area contributed by atoms with Crippen LogP contribution in [0, 0.1) is 0 Å². The number of benzene rings is 2. The van der Waals surface area contributed by atoms with Crippen molar-refractivity contribution in [3.05, 3.63) is 52.3 Å². The molecule has 0 amide bonds. The molecule has 1 aromatic heterocycles. The van der Waals surface area contributed by atoms with Gasteiger partial charge in [-0.25, -0.2) is 4.98 Å². The number of aromatic amines is 1. The molecule has 3 aromatic rings. The molecule has 3 rings (SSSR count). The summed E-state index contributed by atoms with van der Waals surface area (Å²) >= 11 is 12.0. The van der Waals surface area contributed by atoms with Crippen LogP contribution in [-0.4, -0.2) is 17.1 Å². The average Bonchev–Trinajstić information content (AvgIpc) is 2.87. The van der Waals surface area contributed by atoms with Crippen LogP contribution in [0.1, 0.15) is 5.82 Å². The van der Waals surface area contributed by atoms with E-state index in [1.807, 2.05) is 24.3 Å². The Morgan fingerprint density at radius 3 is 2.57 bits per heavy atom. The van der Waals surface area contributed by atoms with Crippen molar-refractivity contribution >= 4 is 34.2 Å². The molecule has 6 heteroatoms. The number of H-pyrrole nitrogens is 1. The van der Waals surface area contributed by atoms with Gasteiger partial charge in [-0.05, 0) is 24.3 Å². The minimum Gasteiger partial charge on any atom is -0.493 e. The normalized spacial score (nSPS) is 10.8. The maximum absolute atomic E-state index is 5.98. The Kier molecular flexibility index (Phi) is 3.90. The van der Waals surface area contributed by atoms with Gasteiger partial charge in [0.25, 0.3) is 0 Å². The summed E-state index contributed by atoms with van der Waals surface area (Å²) in [7, 11) is 1.60. The molecule has 2 aromatic carbocycles. The molecular formula is C15H12Cl2N2O2. The number of imidazole rings is 1. The number of fused-ring (bicyclic) bond motifs is 1. The van der Waals surface area contributed by atoms with Gasteiger partial charge in [0.05, 0.1) is 28.2 Å². The van der Waals surface area contributed by atoms with Crippen molar-refractivity contribution in [3.8, 4) is 11.5 Å². The van der Waals surface area contributed by atoms with Crippen LogP contribution < -0.4 is 9.47 Å². The van der Waals surface area contributed by atoms with Crippen LogP contribution in [0.3, 0.4) is 0 Å². The lowest BCUT2D eigenvalue weighted by Gasteiger charge is -2.08. The van der Waals surface area contributed by atoms with Crippen molar-refractivity contribution in [1.82, 2.24) is 9.97 Å². The standard InChI is InChI=1S/C15H12Cl2N2O2/c1-20-13-4-2-3-5-14(13)21-8-15-18-11-6-9(16)10(17)7-12(11)19-15/h2-7H,8H2,1H3,(H,18,19). The summed E-state index contributed by atoms with van der Waals surface area (Å²) in [6.45, 7) is 0.296. The quantitative estimate of drug-likeness (QED) is 0.771. The third-order valence-electron chi connectivity index (χ3n) is 3.01. The molecule has 21 heavy (non-hydrogen) atoms. The second kappa shape index (κ2) is 5.84. The zero-order valence-electron chi connectivity index (χ0n) is 11.2. The van der Waals surface area contributed by atoms with Gasteiger partial charge in [-0.3, -0.25) is 0 Å². The van der Waals surface area contributed by atoms with Crippen LogP contribution in [0.25, 0.3) is 11.0 Å². The Labute approximate surface area is 131 Å². The molecule has 0 radical (unpaired) electrons. The molecule has 4 nitrogen and oxygen atoms in total. The van der Waals surface area contributed by atoms with Crippen LogP contribution in [-0.2, 0) is 6.61 Å². The second-order valence-corrected chi connectivity index (χ2v) is 5.22. The summed E-state index contributed by atoms with van der Waals surface area (Å²) in [5.41, 5.74) is 1.58. The highest BCUT2D eigenvalue weighted by Gasteiger charge is 2.08. The van der Waals surface area contributed by atoms with Crippen LogP contribution in [0.2, 0.25) is 10.0 Å². The Morgan fingerprint density at radius 2 is 1.81 bits per heavy atom. The van der Waals surface area contributed by atoms with Gasteiger partial charge in [0, 0.05) is 0 Å². The van der Waals surface area contributed by atoms with E-state index in [1.165, 1.54) is 0 Å². The molecule has 0 saturated carbocycles. The third-order valence-corrected chi connectivity index (χ3v) is 3.73. The minimum absolute atomic E-state index is 0.296. The van der Waals surface area contributed by atoms with Crippen LogP contribution in [0.15, 0.2) is 36.4 Å². The number of methoxy groups -OCH3 is 1. The van der Waals surface area contributed by atoms with Crippen molar-refractivity contribution in [2.45, 2.75) is 6.61 Å². The van der Waals surface area contributed by atoms with Gasteiger partial charge in [0.1, 0.15) is 12.4 Å². The smallest absolute Gasteiger partial charge is 0.161 e. The summed E-state index contributed by atoms with van der Waals surface area (Å²) in [5, 5.41) is 0.970. The molecule has 0 atom stereocenters. The van der Waals surface area contributed by atoms with E-state index < -0.39 is 0 Å². The summed E-state index contributed by atoms with van der Waals surface area (Å²) in [6, 6.07) is 10.9. The van der Waals surface area contributed by atoms with Crippen molar-refractivity contribution in [2.75, 3.05) is 7.11 Å². The molecule has 1 heterocycles. The van der Waals surface area contributed by atoms with E-state index in [-0.39, 0.29) is 0 Å². The van der Waals surface area contributed by atoms with Gasteiger partial charge >= 0.3 is 0 Å². The Bertz CT molecular complexity index is 747. The van der Waals surface area contributed by atoms with Gasteiger partial charge in [-0.2, -0.15) is 0 Å². The molecule has 0 aliphatic rings. The number of hydrogen-bond acceptors (Lipinski definition) is 3. The molecule has 108 valence electrons. The monoisotopic (exact) mass is 322 g/mol. The predicted octanol–water partition coefficient (Wildman–Crippen LogP) is 4.46. The number of ether oxygens (including phenoxy) is 2. The van der Waals surface area contributed by atoms with Crippen molar-refractivity contribution < 1.29 is 9.47 Å². The fourth-order valence-corrected chi connectivity index (χ4v) is 2.33. The lowest BCUT2D eigenvalue weighted by atomic mass is 10.3. The number of hydrogen-bond donors (Lipinski definition) is 1. The fraction of sp³-hybridized carbons (Fsp3) is 0.133. The third kappa shape index (κ3) is 2.91. The van der Waals surface area contributed by atoms with Gasteiger partial charge in [0.2, 0.25) is 0 Å². The maximum atomic E-state index is 5.98. The molecule has 0 fully saturated rings. The first-order valence-electron chi connectivity index (χ1n) is 6.27. The highest BCUT2D eigenvalue weighted by atomic mass is 35.5. The summed E-state index contributed by atoms with van der Waals surface area (Å²) < 4.78 is 11.0. The van der Waals surface area contributed by atoms with Gasteiger partial charge in [0.15, 0.2) is 11.5 Å². The van der Waals surface area contributed by atoms with Gasteiger partial charge < -0.3 is 14.5 Å². The average molecular weight is 323 g/mol. The highest BCUT2D eigenvalue weighted by Crippen LogP contribution is 2.28. The molecule has 1 N–H and O–H groups in total. The van der Waals surface area contributed by atoms with E-state index >= 15 is 0 Å². The fourth-order valence-electron chi connectivity index (χ4n) is 2.01. The largest absolute Gasteiger partial charge is 0.493 e. The van der Waals surface area contributed by atoms with Crippen molar-refractivity contribution in [1.29, 1.82) is 0 Å². The molecule has 0 bridgehead atoms. The van der Waals surface area contributed by atoms with E-state index in [2.05, 4.69) is 9.97 Å². The number of aromatic nitrogens is 2. The second-order valence-electron chi connectivity index (χ2n) is 4.41. The maximum Gasteiger partial charge on any atom is 0.161 e. The number of rotatable bonds is 4. The molecule has 0 unspecified atom stereocenters. The molecule has 0 aliphatic heterocycles. The Balaban J connectivity index is 1.82. The van der Waals surface area contributed by atoms with Crippen LogP contribution in [0.5, 0.6) is 11.5 Å². The van der Waals surface area contributed by atoms with Crippen LogP contribution in [0.4, 0.5) is 0 Å². The molecule has 0 saturated heterocycles. The predicted molar refractivity (Wildman–Crippen MR) is 83.4 cm³/mol. The van der Waals surface area contributed by atoms with Gasteiger partial charge in [-0.15, -0.1) is 0 Å². The zero-order chi connectivity index (χ0) is 14.8. The van der Waals surface area contributed by atoms with E-state index in [9.17, 15) is 0 Å². The Hall–Kier alpha value is -1.91. The highest BCUT2D eigenvalue weighted by molar-refractivity contribution is 6.42. The number of nitrogens with zero attached hydrogens (tertiary/aromatic N) is 1. The van der Waals surface area contributed by atoms with Crippen LogP contribution >= 0.6 is 23.2 Å². The first-order valence-corrected chi connectivity index (χ1v) is 7.02. The SMILES string of the molecule is COc1ccccc1OCc1nc2cc(Cl)c(Cl)cc2[nH]1. The van der Waals surface area contributed by atoms with E-state index in [4.69, 9.17) is 32.7 Å². The zero-order valence-corrected chi connectivity index (χ0v) is 12.7. The topological polar surface area (TPSA) is 47.1 Å². The lowest BCUT2D eigenvalue weighted by molar-refractivity contribution is 0.277. The van der Waals surface area contributed by atoms with E-state index in [0.29, 0.717) is 34.0 Å². The number of halogens is 2. The number of para-hydroxylation sites is 2. The first-order chi connectivity index (χ1) is 10.2. The van der Waals surface area contributed by atoms with Gasteiger partial charge in [-0.1, -0.05) is 35.3 Å². The molecule has 0 spiro atoms. The summed E-state index contributed by atoms with van der Waals surface area (Å²) in [6.07, 6.45) is 0.